The van der Waals surface area contributed by atoms with Crippen molar-refractivity contribution in [2.75, 3.05) is 11.5 Å². The Balaban J connectivity index is 1.76. The zero-order chi connectivity index (χ0) is 16.8. The molecule has 1 fully saturated rings. The van der Waals surface area contributed by atoms with E-state index in [1.54, 1.807) is 11.0 Å². The smallest absolute Gasteiger partial charge is 0.309 e. The molecule has 124 valence electrons. The second-order valence-corrected chi connectivity index (χ2v) is 7.60. The van der Waals surface area contributed by atoms with Gasteiger partial charge in [-0.3, -0.25) is 9.59 Å². The summed E-state index contributed by atoms with van der Waals surface area (Å²) in [6, 6.07) is 4.31. The Morgan fingerprint density at radius 2 is 2.04 bits per heavy atom. The summed E-state index contributed by atoms with van der Waals surface area (Å²) in [5, 5.41) is 5.13. The highest BCUT2D eigenvalue weighted by Gasteiger charge is 2.34. The second-order valence-electron chi connectivity index (χ2n) is 6.03. The molecule has 1 aromatic carbocycles. The number of nitrogens with zero attached hydrogens (tertiary/aromatic N) is 1. The molecule has 1 heterocycles. The molecule has 2 N–H and O–H groups in total. The van der Waals surface area contributed by atoms with Gasteiger partial charge >= 0.3 is 5.97 Å². The molecule has 0 unspecified atom stereocenters. The van der Waals surface area contributed by atoms with Crippen LogP contribution in [0.3, 0.4) is 0 Å². The number of primary sulfonamides is 1. The van der Waals surface area contributed by atoms with Crippen LogP contribution >= 0.6 is 0 Å². The van der Waals surface area contributed by atoms with Crippen molar-refractivity contribution in [3.63, 3.8) is 0 Å². The molecular weight excluding hydrogens is 320 g/mol. The molecule has 1 aromatic rings. The topological polar surface area (TPSA) is 107 Å². The van der Waals surface area contributed by atoms with E-state index in [1.807, 2.05) is 6.92 Å². The standard InChI is InChI=1S/C15H18N2O5S/c1-9-6-11-7-12(23(16,20)21)4-5-13(11)17(9)14(18)8-22-15(19)10-2-3-10/h4-5,7,9-10H,2-3,6,8H2,1H3,(H2,16,20,21)/t9-/m0/s1. The number of hydrogen-bond donors (Lipinski definition) is 1. The van der Waals surface area contributed by atoms with E-state index in [4.69, 9.17) is 9.88 Å². The fraction of sp³-hybridized carbons (Fsp3) is 0.467. The number of esters is 1. The summed E-state index contributed by atoms with van der Waals surface area (Å²) < 4.78 is 27.9. The van der Waals surface area contributed by atoms with Gasteiger partial charge in [-0.05, 0) is 49.9 Å². The summed E-state index contributed by atoms with van der Waals surface area (Å²) in [5.74, 6) is -0.688. The zero-order valence-corrected chi connectivity index (χ0v) is 13.5. The highest BCUT2D eigenvalue weighted by atomic mass is 32.2. The Kier molecular flexibility index (Phi) is 3.89. The normalized spacial score (nSPS) is 20.3. The predicted molar refractivity (Wildman–Crippen MR) is 82.2 cm³/mol. The van der Waals surface area contributed by atoms with Crippen molar-refractivity contribution in [1.82, 2.24) is 0 Å². The van der Waals surface area contributed by atoms with E-state index in [0.717, 1.165) is 18.4 Å². The number of fused-ring (bicyclic) bond motifs is 1. The Morgan fingerprint density at radius 1 is 1.35 bits per heavy atom. The summed E-state index contributed by atoms with van der Waals surface area (Å²) in [5.41, 5.74) is 1.38. The van der Waals surface area contributed by atoms with Crippen LogP contribution in [-0.4, -0.2) is 32.9 Å². The first kappa shape index (κ1) is 15.9. The summed E-state index contributed by atoms with van der Waals surface area (Å²) in [6.45, 7) is 1.56. The molecule has 1 saturated carbocycles. The van der Waals surface area contributed by atoms with Crippen molar-refractivity contribution >= 4 is 27.6 Å². The van der Waals surface area contributed by atoms with Crippen LogP contribution in [0.25, 0.3) is 0 Å². The Morgan fingerprint density at radius 3 is 2.65 bits per heavy atom. The maximum Gasteiger partial charge on any atom is 0.309 e. The molecule has 0 spiro atoms. The maximum absolute atomic E-state index is 12.4. The second kappa shape index (κ2) is 5.61. The lowest BCUT2D eigenvalue weighted by Crippen LogP contribution is -2.38. The van der Waals surface area contributed by atoms with Crippen LogP contribution < -0.4 is 10.0 Å². The van der Waals surface area contributed by atoms with E-state index >= 15 is 0 Å². The molecule has 1 atom stereocenters. The fourth-order valence-corrected chi connectivity index (χ4v) is 3.37. The molecule has 7 nitrogen and oxygen atoms in total. The molecule has 2 aliphatic rings. The van der Waals surface area contributed by atoms with Gasteiger partial charge in [-0.1, -0.05) is 0 Å². The van der Waals surface area contributed by atoms with Crippen molar-refractivity contribution in [1.29, 1.82) is 0 Å². The molecule has 8 heteroatoms. The highest BCUT2D eigenvalue weighted by Crippen LogP contribution is 2.34. The van der Waals surface area contributed by atoms with Crippen molar-refractivity contribution < 1.29 is 22.7 Å². The molecule has 23 heavy (non-hydrogen) atoms. The number of carbonyl (C=O) groups excluding carboxylic acids is 2. The third-order valence-electron chi connectivity index (χ3n) is 4.11. The molecule has 1 aliphatic carbocycles. The van der Waals surface area contributed by atoms with E-state index in [2.05, 4.69) is 0 Å². The molecular formula is C15H18N2O5S. The number of rotatable bonds is 4. The van der Waals surface area contributed by atoms with E-state index in [-0.39, 0.29) is 35.3 Å². The Labute approximate surface area is 134 Å². The maximum atomic E-state index is 12.4. The third-order valence-corrected chi connectivity index (χ3v) is 5.02. The fourth-order valence-electron chi connectivity index (χ4n) is 2.80. The summed E-state index contributed by atoms with van der Waals surface area (Å²) in [7, 11) is -3.78. The molecule has 0 aromatic heterocycles. The molecule has 0 bridgehead atoms. The monoisotopic (exact) mass is 338 g/mol. The summed E-state index contributed by atoms with van der Waals surface area (Å²) in [6.07, 6.45) is 2.18. The average Bonchev–Trinajstić information content (AvgIpc) is 3.25. The van der Waals surface area contributed by atoms with Gasteiger partial charge in [0, 0.05) is 11.7 Å². The number of carbonyl (C=O) groups is 2. The lowest BCUT2D eigenvalue weighted by atomic mass is 10.1. The molecule has 1 aliphatic heterocycles. The lowest BCUT2D eigenvalue weighted by Gasteiger charge is -2.22. The van der Waals surface area contributed by atoms with Crippen LogP contribution in [0, 0.1) is 5.92 Å². The summed E-state index contributed by atoms with van der Waals surface area (Å²) in [4.78, 5) is 25.5. The van der Waals surface area contributed by atoms with Gasteiger partial charge < -0.3 is 9.64 Å². The van der Waals surface area contributed by atoms with Gasteiger partial charge in [0.2, 0.25) is 10.0 Å². The van der Waals surface area contributed by atoms with Crippen LogP contribution in [0.4, 0.5) is 5.69 Å². The van der Waals surface area contributed by atoms with Gasteiger partial charge in [-0.2, -0.15) is 0 Å². The minimum Gasteiger partial charge on any atom is -0.455 e. The lowest BCUT2D eigenvalue weighted by molar-refractivity contribution is -0.149. The van der Waals surface area contributed by atoms with Crippen LogP contribution in [0.15, 0.2) is 23.1 Å². The van der Waals surface area contributed by atoms with Crippen molar-refractivity contribution in [3.8, 4) is 0 Å². The van der Waals surface area contributed by atoms with Gasteiger partial charge in [0.05, 0.1) is 10.8 Å². The average molecular weight is 338 g/mol. The van der Waals surface area contributed by atoms with Gasteiger partial charge in [-0.25, -0.2) is 13.6 Å². The van der Waals surface area contributed by atoms with Gasteiger partial charge in [0.15, 0.2) is 6.61 Å². The van der Waals surface area contributed by atoms with Crippen molar-refractivity contribution in [2.24, 2.45) is 11.1 Å². The minimum absolute atomic E-state index is 0.0258. The molecule has 0 radical (unpaired) electrons. The summed E-state index contributed by atoms with van der Waals surface area (Å²) >= 11 is 0. The number of sulfonamides is 1. The number of amides is 1. The van der Waals surface area contributed by atoms with Crippen molar-refractivity contribution in [2.45, 2.75) is 37.1 Å². The number of benzene rings is 1. The van der Waals surface area contributed by atoms with Crippen LogP contribution in [0.1, 0.15) is 25.3 Å². The van der Waals surface area contributed by atoms with Gasteiger partial charge in [0.1, 0.15) is 0 Å². The first-order valence-electron chi connectivity index (χ1n) is 7.42. The quantitative estimate of drug-likeness (QED) is 0.808. The molecule has 0 saturated heterocycles. The highest BCUT2D eigenvalue weighted by molar-refractivity contribution is 7.89. The number of hydrogen-bond acceptors (Lipinski definition) is 5. The van der Waals surface area contributed by atoms with Gasteiger partial charge in [-0.15, -0.1) is 0 Å². The molecule has 1 amide bonds. The molecule has 3 rings (SSSR count). The van der Waals surface area contributed by atoms with Crippen LogP contribution in [0.5, 0.6) is 0 Å². The largest absolute Gasteiger partial charge is 0.455 e. The Bertz CT molecular complexity index is 770. The Hall–Kier alpha value is -1.93. The minimum atomic E-state index is -3.78. The first-order valence-corrected chi connectivity index (χ1v) is 8.96. The first-order chi connectivity index (χ1) is 10.8. The SMILES string of the molecule is C[C@H]1Cc2cc(S(N)(=O)=O)ccc2N1C(=O)COC(=O)C1CC1. The van der Waals surface area contributed by atoms with Crippen molar-refractivity contribution in [3.05, 3.63) is 23.8 Å². The van der Waals surface area contributed by atoms with Crippen LogP contribution in [0.2, 0.25) is 0 Å². The predicted octanol–water partition coefficient (Wildman–Crippen LogP) is 0.565. The van der Waals surface area contributed by atoms with E-state index < -0.39 is 10.0 Å². The zero-order valence-electron chi connectivity index (χ0n) is 12.7. The number of nitrogens with two attached hydrogens (primary N) is 1. The van der Waals surface area contributed by atoms with E-state index in [0.29, 0.717) is 12.1 Å². The number of anilines is 1. The van der Waals surface area contributed by atoms with E-state index in [1.165, 1.54) is 12.1 Å². The van der Waals surface area contributed by atoms with Gasteiger partial charge in [0.25, 0.3) is 5.91 Å². The third kappa shape index (κ3) is 3.23. The van der Waals surface area contributed by atoms with Crippen LogP contribution in [-0.2, 0) is 30.8 Å². The van der Waals surface area contributed by atoms with E-state index in [9.17, 15) is 18.0 Å². The number of ether oxygens (including phenoxy) is 1.